The van der Waals surface area contributed by atoms with Gasteiger partial charge in [0.2, 0.25) is 5.91 Å². The Hall–Kier alpha value is -1.35. The van der Waals surface area contributed by atoms with Crippen molar-refractivity contribution in [3.8, 4) is 0 Å². The number of β-amino-alcohol motifs (C(OH)–C–C–N with tert-alkyl or cyclic N) is 1. The summed E-state index contributed by atoms with van der Waals surface area (Å²) in [7, 11) is 0. The van der Waals surface area contributed by atoms with Gasteiger partial charge in [0, 0.05) is 6.42 Å². The second-order valence-electron chi connectivity index (χ2n) is 5.32. The number of aryl methyl sites for hydroxylation is 2. The molecule has 1 aromatic rings. The molecule has 0 atom stereocenters. The molecule has 1 amide bonds. The van der Waals surface area contributed by atoms with E-state index in [4.69, 9.17) is 0 Å². The molecule has 98 valence electrons. The van der Waals surface area contributed by atoms with Gasteiger partial charge in [0.1, 0.15) is 0 Å². The fraction of sp³-hybridized carbons (Fsp3) is 0.533. The van der Waals surface area contributed by atoms with E-state index in [2.05, 4.69) is 25.1 Å². The molecule has 0 aliphatic carbocycles. The first-order chi connectivity index (χ1) is 8.52. The number of rotatable bonds is 4. The van der Waals surface area contributed by atoms with Gasteiger partial charge >= 0.3 is 0 Å². The van der Waals surface area contributed by atoms with Gasteiger partial charge in [0.15, 0.2) is 0 Å². The van der Waals surface area contributed by atoms with Crippen LogP contribution in [0.5, 0.6) is 0 Å². The lowest BCUT2D eigenvalue weighted by atomic mass is 9.91. The Morgan fingerprint density at radius 2 is 2.17 bits per heavy atom. The van der Waals surface area contributed by atoms with Crippen molar-refractivity contribution < 1.29 is 9.90 Å². The molecule has 0 saturated carbocycles. The summed E-state index contributed by atoms with van der Waals surface area (Å²) in [5.74, 6) is 0.148. The third-order valence-corrected chi connectivity index (χ3v) is 3.69. The van der Waals surface area contributed by atoms with Gasteiger partial charge in [-0.2, -0.15) is 0 Å². The third kappa shape index (κ3) is 2.91. The van der Waals surface area contributed by atoms with E-state index in [1.165, 1.54) is 11.1 Å². The van der Waals surface area contributed by atoms with Crippen LogP contribution in [0.1, 0.15) is 30.9 Å². The third-order valence-electron chi connectivity index (χ3n) is 3.69. The molecule has 1 heterocycles. The van der Waals surface area contributed by atoms with Crippen LogP contribution < -0.4 is 0 Å². The van der Waals surface area contributed by atoms with Gasteiger partial charge in [-0.05, 0) is 25.3 Å². The average Bonchev–Trinajstić information content (AvgIpc) is 2.32. The van der Waals surface area contributed by atoms with Crippen molar-refractivity contribution in [1.82, 2.24) is 4.90 Å². The Kier molecular flexibility index (Phi) is 3.71. The predicted octanol–water partition coefficient (Wildman–Crippen LogP) is 1.91. The summed E-state index contributed by atoms with van der Waals surface area (Å²) in [5, 5.41) is 9.87. The maximum atomic E-state index is 11.9. The lowest BCUT2D eigenvalue weighted by Gasteiger charge is -2.46. The van der Waals surface area contributed by atoms with Crippen LogP contribution in [0, 0.1) is 6.92 Å². The Morgan fingerprint density at radius 1 is 1.44 bits per heavy atom. The second-order valence-corrected chi connectivity index (χ2v) is 5.32. The molecule has 0 unspecified atom stereocenters. The first-order valence-corrected chi connectivity index (χ1v) is 6.58. The van der Waals surface area contributed by atoms with Crippen LogP contribution in [0.3, 0.4) is 0 Å². The zero-order valence-corrected chi connectivity index (χ0v) is 11.1. The summed E-state index contributed by atoms with van der Waals surface area (Å²) in [4.78, 5) is 13.7. The SMILES string of the molecule is CCC1(O)CN(C(=O)CCc2cccc(C)c2)C1. The summed E-state index contributed by atoms with van der Waals surface area (Å²) in [6.07, 6.45) is 2.03. The minimum absolute atomic E-state index is 0.148. The highest BCUT2D eigenvalue weighted by Gasteiger charge is 2.41. The van der Waals surface area contributed by atoms with Gasteiger partial charge in [-0.25, -0.2) is 0 Å². The molecule has 0 radical (unpaired) electrons. The van der Waals surface area contributed by atoms with Crippen LogP contribution in [0.4, 0.5) is 0 Å². The Labute approximate surface area is 108 Å². The summed E-state index contributed by atoms with van der Waals surface area (Å²) in [6, 6.07) is 8.25. The summed E-state index contributed by atoms with van der Waals surface area (Å²) < 4.78 is 0. The maximum absolute atomic E-state index is 11.9. The van der Waals surface area contributed by atoms with Gasteiger partial charge in [-0.3, -0.25) is 4.79 Å². The maximum Gasteiger partial charge on any atom is 0.223 e. The molecule has 1 aliphatic rings. The van der Waals surface area contributed by atoms with E-state index in [1.807, 2.05) is 13.0 Å². The summed E-state index contributed by atoms with van der Waals surface area (Å²) >= 11 is 0. The van der Waals surface area contributed by atoms with E-state index in [0.717, 1.165) is 6.42 Å². The van der Waals surface area contributed by atoms with E-state index >= 15 is 0 Å². The molecule has 2 rings (SSSR count). The largest absolute Gasteiger partial charge is 0.386 e. The molecule has 3 heteroatoms. The molecule has 0 bridgehead atoms. The van der Waals surface area contributed by atoms with E-state index in [0.29, 0.717) is 25.9 Å². The molecule has 1 N–H and O–H groups in total. The van der Waals surface area contributed by atoms with Gasteiger partial charge in [0.25, 0.3) is 0 Å². The van der Waals surface area contributed by atoms with E-state index in [1.54, 1.807) is 4.90 Å². The quantitative estimate of drug-likeness (QED) is 0.883. The summed E-state index contributed by atoms with van der Waals surface area (Å²) in [6.45, 7) is 5.00. The number of benzene rings is 1. The Morgan fingerprint density at radius 3 is 2.78 bits per heavy atom. The fourth-order valence-electron chi connectivity index (χ4n) is 2.34. The zero-order chi connectivity index (χ0) is 13.2. The molecule has 18 heavy (non-hydrogen) atoms. The molecule has 0 spiro atoms. The van der Waals surface area contributed by atoms with E-state index < -0.39 is 5.60 Å². The number of nitrogens with zero attached hydrogens (tertiary/aromatic N) is 1. The van der Waals surface area contributed by atoms with Crippen LogP contribution >= 0.6 is 0 Å². The highest BCUT2D eigenvalue weighted by atomic mass is 16.3. The number of carbonyl (C=O) groups is 1. The van der Waals surface area contributed by atoms with Crippen molar-refractivity contribution in [1.29, 1.82) is 0 Å². The van der Waals surface area contributed by atoms with Crippen molar-refractivity contribution in [2.45, 2.75) is 38.7 Å². The van der Waals surface area contributed by atoms with Crippen molar-refractivity contribution in [3.63, 3.8) is 0 Å². The first-order valence-electron chi connectivity index (χ1n) is 6.58. The molecular formula is C15H21NO2. The highest BCUT2D eigenvalue weighted by molar-refractivity contribution is 5.77. The predicted molar refractivity (Wildman–Crippen MR) is 71.3 cm³/mol. The summed E-state index contributed by atoms with van der Waals surface area (Å²) in [5.41, 5.74) is 1.80. The standard InChI is InChI=1S/C15H21NO2/c1-3-15(18)10-16(11-15)14(17)8-7-13-6-4-5-12(2)9-13/h4-6,9,18H,3,7-8,10-11H2,1-2H3. The monoisotopic (exact) mass is 247 g/mol. The topological polar surface area (TPSA) is 40.5 Å². The molecule has 1 aliphatic heterocycles. The van der Waals surface area contributed by atoms with Crippen LogP contribution in [-0.4, -0.2) is 34.6 Å². The second kappa shape index (κ2) is 5.11. The zero-order valence-electron chi connectivity index (χ0n) is 11.1. The molecule has 3 nitrogen and oxygen atoms in total. The molecule has 1 fully saturated rings. The Balaban J connectivity index is 1.80. The lowest BCUT2D eigenvalue weighted by molar-refractivity contribution is -0.155. The number of hydrogen-bond acceptors (Lipinski definition) is 2. The lowest BCUT2D eigenvalue weighted by Crippen LogP contribution is -2.63. The molecule has 1 saturated heterocycles. The van der Waals surface area contributed by atoms with Crippen LogP contribution in [-0.2, 0) is 11.2 Å². The van der Waals surface area contributed by atoms with Gasteiger partial charge < -0.3 is 10.0 Å². The smallest absolute Gasteiger partial charge is 0.223 e. The van der Waals surface area contributed by atoms with Crippen molar-refractivity contribution in [2.75, 3.05) is 13.1 Å². The minimum Gasteiger partial charge on any atom is -0.386 e. The number of carbonyl (C=O) groups excluding carboxylic acids is 1. The molecule has 0 aromatic heterocycles. The first kappa shape index (κ1) is 13.1. The van der Waals surface area contributed by atoms with Gasteiger partial charge in [-0.15, -0.1) is 0 Å². The highest BCUT2D eigenvalue weighted by Crippen LogP contribution is 2.24. The minimum atomic E-state index is -0.626. The van der Waals surface area contributed by atoms with Gasteiger partial charge in [0.05, 0.1) is 18.7 Å². The molecular weight excluding hydrogens is 226 g/mol. The van der Waals surface area contributed by atoms with Gasteiger partial charge in [-0.1, -0.05) is 36.8 Å². The van der Waals surface area contributed by atoms with E-state index in [9.17, 15) is 9.90 Å². The van der Waals surface area contributed by atoms with Crippen LogP contribution in [0.2, 0.25) is 0 Å². The van der Waals surface area contributed by atoms with Crippen molar-refractivity contribution in [2.24, 2.45) is 0 Å². The van der Waals surface area contributed by atoms with Crippen molar-refractivity contribution in [3.05, 3.63) is 35.4 Å². The van der Waals surface area contributed by atoms with E-state index in [-0.39, 0.29) is 5.91 Å². The Bertz CT molecular complexity index is 436. The number of aliphatic hydroxyl groups is 1. The van der Waals surface area contributed by atoms with Crippen LogP contribution in [0.15, 0.2) is 24.3 Å². The fourth-order valence-corrected chi connectivity index (χ4v) is 2.34. The average molecular weight is 247 g/mol. The molecule has 1 aromatic carbocycles. The number of amides is 1. The number of hydrogen-bond donors (Lipinski definition) is 1. The van der Waals surface area contributed by atoms with Crippen molar-refractivity contribution >= 4 is 5.91 Å². The number of likely N-dealkylation sites (tertiary alicyclic amines) is 1. The normalized spacial score (nSPS) is 17.4. The van der Waals surface area contributed by atoms with Crippen LogP contribution in [0.25, 0.3) is 0 Å².